The lowest BCUT2D eigenvalue weighted by atomic mass is 10.1. The maximum atomic E-state index is 13.4. The summed E-state index contributed by atoms with van der Waals surface area (Å²) in [5.41, 5.74) is 3.51. The standard InChI is InChI=1S/C23H18Cl2N4O2/c1-13-10-14(24)11-17(22(30)26-2)19(13)28-23(31)20-21(16-7-3-4-8-18(16)25)29-9-5-6-15(29)12-27-20/h3-12H,1-2H3,(H,26,30)(H,28,31). The first kappa shape index (κ1) is 20.9. The predicted molar refractivity (Wildman–Crippen MR) is 123 cm³/mol. The number of benzene rings is 2. The molecule has 0 saturated carbocycles. The number of hydrogen-bond acceptors (Lipinski definition) is 3. The van der Waals surface area contributed by atoms with Gasteiger partial charge in [0.15, 0.2) is 5.69 Å². The molecule has 31 heavy (non-hydrogen) atoms. The van der Waals surface area contributed by atoms with Crippen LogP contribution in [0.25, 0.3) is 16.8 Å². The summed E-state index contributed by atoms with van der Waals surface area (Å²) in [4.78, 5) is 30.2. The van der Waals surface area contributed by atoms with E-state index in [1.54, 1.807) is 25.3 Å². The van der Waals surface area contributed by atoms with Crippen molar-refractivity contribution in [1.29, 1.82) is 0 Å². The van der Waals surface area contributed by atoms with Crippen molar-refractivity contribution < 1.29 is 9.59 Å². The zero-order valence-electron chi connectivity index (χ0n) is 16.7. The molecule has 2 aromatic carbocycles. The van der Waals surface area contributed by atoms with Crippen LogP contribution in [-0.4, -0.2) is 28.2 Å². The van der Waals surface area contributed by atoms with Gasteiger partial charge in [-0.3, -0.25) is 9.59 Å². The van der Waals surface area contributed by atoms with Crippen LogP contribution < -0.4 is 10.6 Å². The predicted octanol–water partition coefficient (Wildman–Crippen LogP) is 5.23. The van der Waals surface area contributed by atoms with Crippen LogP contribution in [0.4, 0.5) is 5.69 Å². The monoisotopic (exact) mass is 452 g/mol. The van der Waals surface area contributed by atoms with Gasteiger partial charge in [0.25, 0.3) is 11.8 Å². The van der Waals surface area contributed by atoms with Crippen molar-refractivity contribution in [2.45, 2.75) is 6.92 Å². The molecule has 2 heterocycles. The maximum Gasteiger partial charge on any atom is 0.276 e. The van der Waals surface area contributed by atoms with Gasteiger partial charge in [0.2, 0.25) is 0 Å². The summed E-state index contributed by atoms with van der Waals surface area (Å²) in [6, 6.07) is 14.2. The van der Waals surface area contributed by atoms with Crippen molar-refractivity contribution in [1.82, 2.24) is 14.7 Å². The van der Waals surface area contributed by atoms with Crippen molar-refractivity contribution in [3.05, 3.63) is 87.8 Å². The zero-order chi connectivity index (χ0) is 22.1. The van der Waals surface area contributed by atoms with Crippen LogP contribution >= 0.6 is 23.2 Å². The Labute approximate surface area is 188 Å². The van der Waals surface area contributed by atoms with E-state index in [0.717, 1.165) is 5.52 Å². The number of halogens is 2. The van der Waals surface area contributed by atoms with E-state index in [1.165, 1.54) is 13.1 Å². The Balaban J connectivity index is 1.87. The van der Waals surface area contributed by atoms with Crippen LogP contribution in [-0.2, 0) is 0 Å². The Morgan fingerprint density at radius 1 is 1.03 bits per heavy atom. The molecule has 2 N–H and O–H groups in total. The molecule has 0 aliphatic rings. The number of hydrogen-bond donors (Lipinski definition) is 2. The molecule has 0 atom stereocenters. The molecule has 4 rings (SSSR count). The van der Waals surface area contributed by atoms with Crippen molar-refractivity contribution in [2.75, 3.05) is 12.4 Å². The van der Waals surface area contributed by atoms with Gasteiger partial charge in [-0.1, -0.05) is 41.4 Å². The van der Waals surface area contributed by atoms with Crippen molar-refractivity contribution in [3.8, 4) is 11.3 Å². The molecule has 8 heteroatoms. The van der Waals surface area contributed by atoms with E-state index < -0.39 is 5.91 Å². The van der Waals surface area contributed by atoms with Crippen molar-refractivity contribution in [3.63, 3.8) is 0 Å². The Hall–Kier alpha value is -3.35. The maximum absolute atomic E-state index is 13.4. The fourth-order valence-corrected chi connectivity index (χ4v) is 3.98. The van der Waals surface area contributed by atoms with Gasteiger partial charge in [-0.2, -0.15) is 0 Å². The molecule has 4 aromatic rings. The van der Waals surface area contributed by atoms with Crippen molar-refractivity contribution >= 4 is 46.2 Å². The topological polar surface area (TPSA) is 75.5 Å². The summed E-state index contributed by atoms with van der Waals surface area (Å²) in [5.74, 6) is -0.831. The van der Waals surface area contributed by atoms with Gasteiger partial charge in [0.05, 0.1) is 28.7 Å². The number of carbonyl (C=O) groups excluding carboxylic acids is 2. The Morgan fingerprint density at radius 2 is 1.81 bits per heavy atom. The second-order valence-corrected chi connectivity index (χ2v) is 7.76. The summed E-state index contributed by atoms with van der Waals surface area (Å²) < 4.78 is 1.86. The number of nitrogens with zero attached hydrogens (tertiary/aromatic N) is 2. The normalized spacial score (nSPS) is 10.8. The van der Waals surface area contributed by atoms with Crippen LogP contribution in [0.3, 0.4) is 0 Å². The molecule has 2 aromatic heterocycles. The molecule has 2 amide bonds. The smallest absolute Gasteiger partial charge is 0.276 e. The Bertz CT molecular complexity index is 1330. The third-order valence-electron chi connectivity index (χ3n) is 4.93. The Kier molecular flexibility index (Phi) is 5.67. The number of aromatic nitrogens is 2. The highest BCUT2D eigenvalue weighted by atomic mass is 35.5. The van der Waals surface area contributed by atoms with E-state index in [9.17, 15) is 9.59 Å². The van der Waals surface area contributed by atoms with Gasteiger partial charge in [-0.15, -0.1) is 0 Å². The minimum atomic E-state index is -0.471. The summed E-state index contributed by atoms with van der Waals surface area (Å²) in [7, 11) is 1.52. The van der Waals surface area contributed by atoms with Crippen LogP contribution in [0.2, 0.25) is 10.0 Å². The third kappa shape index (κ3) is 3.87. The summed E-state index contributed by atoms with van der Waals surface area (Å²) in [6.07, 6.45) is 3.46. The number of amides is 2. The molecule has 0 unspecified atom stereocenters. The minimum Gasteiger partial charge on any atom is -0.355 e. The molecule has 0 bridgehead atoms. The summed E-state index contributed by atoms with van der Waals surface area (Å²) in [5, 5.41) is 6.31. The highest BCUT2D eigenvalue weighted by Crippen LogP contribution is 2.32. The van der Waals surface area contributed by atoms with E-state index in [0.29, 0.717) is 32.6 Å². The number of rotatable bonds is 4. The molecule has 156 valence electrons. The van der Waals surface area contributed by atoms with E-state index in [4.69, 9.17) is 23.2 Å². The molecule has 0 aliphatic heterocycles. The lowest BCUT2D eigenvalue weighted by Gasteiger charge is -2.16. The van der Waals surface area contributed by atoms with E-state index in [2.05, 4.69) is 15.6 Å². The third-order valence-corrected chi connectivity index (χ3v) is 5.47. The minimum absolute atomic E-state index is 0.175. The van der Waals surface area contributed by atoms with E-state index in [-0.39, 0.29) is 17.2 Å². The SMILES string of the molecule is CNC(=O)c1cc(Cl)cc(C)c1NC(=O)c1ncc2cccn2c1-c1ccccc1Cl. The summed E-state index contributed by atoms with van der Waals surface area (Å²) >= 11 is 12.6. The Morgan fingerprint density at radius 3 is 2.55 bits per heavy atom. The van der Waals surface area contributed by atoms with Gasteiger partial charge >= 0.3 is 0 Å². The molecule has 0 spiro atoms. The average molecular weight is 453 g/mol. The number of carbonyl (C=O) groups is 2. The molecule has 6 nitrogen and oxygen atoms in total. The quantitative estimate of drug-likeness (QED) is 0.445. The largest absolute Gasteiger partial charge is 0.355 e. The first-order valence-electron chi connectivity index (χ1n) is 9.45. The second-order valence-electron chi connectivity index (χ2n) is 6.92. The molecule has 0 saturated heterocycles. The molecular formula is C23H18Cl2N4O2. The van der Waals surface area contributed by atoms with Crippen LogP contribution in [0.5, 0.6) is 0 Å². The second kappa shape index (κ2) is 8.41. The number of fused-ring (bicyclic) bond motifs is 1. The number of anilines is 1. The van der Waals surface area contributed by atoms with E-state index >= 15 is 0 Å². The lowest BCUT2D eigenvalue weighted by molar-refractivity contribution is 0.0964. The zero-order valence-corrected chi connectivity index (χ0v) is 18.3. The molecular weight excluding hydrogens is 435 g/mol. The average Bonchev–Trinajstić information content (AvgIpc) is 3.23. The lowest BCUT2D eigenvalue weighted by Crippen LogP contribution is -2.23. The van der Waals surface area contributed by atoms with Gasteiger partial charge in [-0.25, -0.2) is 4.98 Å². The van der Waals surface area contributed by atoms with Crippen LogP contribution in [0.1, 0.15) is 26.4 Å². The van der Waals surface area contributed by atoms with Gasteiger partial charge in [0, 0.05) is 28.9 Å². The highest BCUT2D eigenvalue weighted by molar-refractivity contribution is 6.33. The molecule has 0 radical (unpaired) electrons. The molecule has 0 aliphatic carbocycles. The fraction of sp³-hybridized carbons (Fsp3) is 0.0870. The first-order chi connectivity index (χ1) is 14.9. The van der Waals surface area contributed by atoms with Gasteiger partial charge in [-0.05, 0) is 42.8 Å². The first-order valence-corrected chi connectivity index (χ1v) is 10.2. The molecule has 0 fully saturated rings. The summed E-state index contributed by atoms with van der Waals surface area (Å²) in [6.45, 7) is 1.77. The van der Waals surface area contributed by atoms with Crippen LogP contribution in [0, 0.1) is 6.92 Å². The van der Waals surface area contributed by atoms with Gasteiger partial charge < -0.3 is 15.0 Å². The van der Waals surface area contributed by atoms with Crippen molar-refractivity contribution in [2.24, 2.45) is 0 Å². The highest BCUT2D eigenvalue weighted by Gasteiger charge is 2.22. The number of aryl methyl sites for hydroxylation is 1. The van der Waals surface area contributed by atoms with Gasteiger partial charge in [0.1, 0.15) is 0 Å². The van der Waals surface area contributed by atoms with Crippen LogP contribution in [0.15, 0.2) is 60.9 Å². The number of nitrogens with one attached hydrogen (secondary N) is 2. The fourth-order valence-electron chi connectivity index (χ4n) is 3.48. The van der Waals surface area contributed by atoms with E-state index in [1.807, 2.05) is 40.9 Å².